The van der Waals surface area contributed by atoms with E-state index in [0.29, 0.717) is 10.8 Å². The van der Waals surface area contributed by atoms with Crippen molar-refractivity contribution in [1.29, 1.82) is 0 Å². The van der Waals surface area contributed by atoms with Crippen molar-refractivity contribution in [3.8, 4) is 0 Å². The summed E-state index contributed by atoms with van der Waals surface area (Å²) < 4.78 is 138. The van der Waals surface area contributed by atoms with E-state index in [2.05, 4.69) is 9.97 Å². The molecule has 25 heteroatoms. The first-order valence-electron chi connectivity index (χ1n) is 17.3. The molecule has 3 aliphatic heterocycles. The number of aliphatic imine (C=N–C) groups is 2. The van der Waals surface area contributed by atoms with Crippen LogP contribution < -0.4 is 20.9 Å². The smallest absolute Gasteiger partial charge is 0.294 e. The summed E-state index contributed by atoms with van der Waals surface area (Å²) in [5.74, 6) is -2.03. The van der Waals surface area contributed by atoms with Crippen LogP contribution in [0.25, 0.3) is 32.2 Å². The molecule has 2 saturated carbocycles. The first-order chi connectivity index (χ1) is 26.2. The number of fused-ring (bicyclic) bond motifs is 20. The predicted octanol–water partition coefficient (Wildman–Crippen LogP) is 2.18. The topological polar surface area (TPSA) is 323 Å². The number of nitrogens with zero attached hydrogens (tertiary/aromatic N) is 8. The van der Waals surface area contributed by atoms with Gasteiger partial charge in [-0.25, -0.2) is 0 Å². The van der Waals surface area contributed by atoms with Gasteiger partial charge in [0.2, 0.25) is 0 Å². The van der Waals surface area contributed by atoms with Crippen LogP contribution in [0.4, 0.5) is 11.6 Å². The molecule has 2 aromatic carbocycles. The molecule has 0 spiro atoms. The van der Waals surface area contributed by atoms with Crippen molar-refractivity contribution < 1.29 is 71.4 Å². The molecule has 20 nitrogen and oxygen atoms in total. The Bertz CT molecular complexity index is 3020. The van der Waals surface area contributed by atoms with E-state index in [-0.39, 0.29) is 103 Å². The van der Waals surface area contributed by atoms with Gasteiger partial charge in [0.05, 0.1) is 20.3 Å². The number of hydrogen-bond donors (Lipinski definition) is 4. The molecule has 0 radical (unpaired) electrons. The van der Waals surface area contributed by atoms with Gasteiger partial charge in [-0.1, -0.05) is 23.8 Å². The Labute approximate surface area is 337 Å². The van der Waals surface area contributed by atoms with Gasteiger partial charge in [-0.2, -0.15) is 33.7 Å². The molecule has 57 heavy (non-hydrogen) atoms. The fourth-order valence-corrected chi connectivity index (χ4v) is 11.5. The molecule has 300 valence electrons. The average Bonchev–Trinajstić information content (AvgIpc) is 3.84. The molecule has 4 N–H and O–H groups in total. The summed E-state index contributed by atoms with van der Waals surface area (Å²) >= 11 is 0. The van der Waals surface area contributed by atoms with E-state index in [1.165, 1.54) is 24.3 Å². The molecule has 8 atom stereocenters. The van der Waals surface area contributed by atoms with E-state index in [1.807, 2.05) is 0 Å². The number of rotatable bonds is 4. The molecule has 9 rings (SSSR count). The number of aromatic nitrogens is 2. The molecular weight excluding hydrogens is 882 g/mol. The zero-order valence-electron chi connectivity index (χ0n) is 29.3. The predicted molar refractivity (Wildman–Crippen MR) is 197 cm³/mol. The molecule has 8 bridgehead atoms. The second-order valence-corrected chi connectivity index (χ2v) is 20.8. The van der Waals surface area contributed by atoms with E-state index in [9.17, 15) is 51.9 Å². The Kier molecular flexibility index (Phi) is 9.64. The Balaban J connectivity index is 0.00000455. The second kappa shape index (κ2) is 13.7. The van der Waals surface area contributed by atoms with Gasteiger partial charge in [0.25, 0.3) is 40.5 Å². The summed E-state index contributed by atoms with van der Waals surface area (Å²) in [5.41, 5.74) is 0.0350. The van der Waals surface area contributed by atoms with E-state index in [4.69, 9.17) is 30.6 Å². The van der Waals surface area contributed by atoms with Gasteiger partial charge in [-0.3, -0.25) is 18.2 Å². The second-order valence-electron chi connectivity index (χ2n) is 14.6. The first-order valence-corrected chi connectivity index (χ1v) is 23.2. The van der Waals surface area contributed by atoms with Gasteiger partial charge >= 0.3 is 0 Å². The van der Waals surface area contributed by atoms with Crippen molar-refractivity contribution in [1.82, 2.24) is 9.97 Å². The summed E-state index contributed by atoms with van der Waals surface area (Å²) in [6, 6.07) is 7.41. The molecular formula is C32H30N8O12S4Zn-4. The Hall–Kier alpha value is -3.68. The van der Waals surface area contributed by atoms with E-state index in [0.717, 1.165) is 12.1 Å². The van der Waals surface area contributed by atoms with Crippen LogP contribution in [0, 0.1) is 23.7 Å². The number of benzene rings is 2. The molecule has 2 aromatic heterocycles. The molecule has 2 saturated heterocycles. The van der Waals surface area contributed by atoms with Crippen LogP contribution in [0.1, 0.15) is 38.5 Å². The summed E-state index contributed by atoms with van der Waals surface area (Å²) in [6.07, 6.45) is -1.54. The van der Waals surface area contributed by atoms with Crippen LogP contribution >= 0.6 is 0 Å². The maximum Gasteiger partial charge on any atom is 0.294 e. The minimum absolute atomic E-state index is 0. The summed E-state index contributed by atoms with van der Waals surface area (Å²) in [7, 11) is -18.3. The fourth-order valence-electron chi connectivity index (χ4n) is 8.70. The van der Waals surface area contributed by atoms with Crippen molar-refractivity contribution in [2.24, 2.45) is 43.6 Å². The van der Waals surface area contributed by atoms with Gasteiger partial charge in [-0.05, 0) is 132 Å². The van der Waals surface area contributed by atoms with Gasteiger partial charge < -0.3 is 40.6 Å². The Morgan fingerprint density at radius 1 is 0.544 bits per heavy atom. The molecule has 5 heterocycles. The van der Waals surface area contributed by atoms with Gasteiger partial charge in [0.1, 0.15) is 0 Å². The zero-order valence-corrected chi connectivity index (χ0v) is 35.5. The third-order valence-corrected chi connectivity index (χ3v) is 15.7. The quantitative estimate of drug-likeness (QED) is 0.169. The van der Waals surface area contributed by atoms with Crippen LogP contribution in [0.2, 0.25) is 0 Å². The first kappa shape index (κ1) is 40.1. The van der Waals surface area contributed by atoms with Gasteiger partial charge in [0.15, 0.2) is 0 Å². The molecule has 2 aliphatic carbocycles. The fraction of sp³-hybridized carbons (Fsp3) is 0.438. The monoisotopic (exact) mass is 910 g/mol. The van der Waals surface area contributed by atoms with Crippen molar-refractivity contribution in [3.63, 3.8) is 0 Å². The Morgan fingerprint density at radius 2 is 1.05 bits per heavy atom. The molecule has 8 unspecified atom stereocenters. The largest absolute Gasteiger partial charge is 0.459 e. The third kappa shape index (κ3) is 7.13. The SMILES string of the molecule is O=S(=O)(O)c1ccc2c3[n-]c(c2c1)/N=C1\[N-]C(/N=c2\[n-]/c(c4cc(S(=O)(=O)O)ccc24)=N\C2[N-]/C(=N\3)C3CC(S(=O)(=O)O)CCC23)C2CC(S(=O)(=O)O)CCC12.[Zn]. The zero-order chi connectivity index (χ0) is 39.7. The van der Waals surface area contributed by atoms with Crippen molar-refractivity contribution in [2.45, 2.75) is 71.1 Å². The van der Waals surface area contributed by atoms with Crippen LogP contribution in [-0.2, 0) is 60.0 Å². The van der Waals surface area contributed by atoms with Gasteiger partial charge in [0, 0.05) is 30.5 Å². The summed E-state index contributed by atoms with van der Waals surface area (Å²) in [5, 5.41) is 8.22. The van der Waals surface area contributed by atoms with E-state index >= 15 is 0 Å². The molecule has 5 aliphatic rings. The maximum atomic E-state index is 12.3. The average molecular weight is 912 g/mol. The normalized spacial score (nSPS) is 31.8. The number of amidine groups is 2. The van der Waals surface area contributed by atoms with Crippen molar-refractivity contribution in [3.05, 3.63) is 58.0 Å². The van der Waals surface area contributed by atoms with E-state index < -0.39 is 96.8 Å². The van der Waals surface area contributed by atoms with Crippen molar-refractivity contribution in [2.75, 3.05) is 0 Å². The Morgan fingerprint density at radius 3 is 1.67 bits per heavy atom. The standard InChI is InChI=1S/C32H30N8O12S4.Zn/c41-53(42,43)13-1-5-17-21(9-13)29-33-25(17)37-30-22-10-14(54(44,45)46)2-6-18(22)27(34-30)39-32-24-12-16(56(50,51)52)4-8-20(24)28(36-32)40-31-23-11-15(55(47,48)49)3-7-19(23)26(35-31)38-29;/h1,4-5,8-9,12,14-15,18-19,22-23,26,30H,2-3,6-7,10-11H2,(H4-3,33,34,35,37,38,39,40,41,42,43,44,45,46,47,48,49,50,51,52);/q-4;. The van der Waals surface area contributed by atoms with E-state index in [1.54, 1.807) is 0 Å². The van der Waals surface area contributed by atoms with Crippen LogP contribution in [0.5, 0.6) is 0 Å². The molecule has 4 fully saturated rings. The van der Waals surface area contributed by atoms with Crippen LogP contribution in [0.3, 0.4) is 0 Å². The number of hydrogen-bond acceptors (Lipinski definition) is 12. The molecule has 4 aromatic rings. The third-order valence-electron chi connectivity index (χ3n) is 11.4. The summed E-state index contributed by atoms with van der Waals surface area (Å²) in [4.78, 5) is 27.5. The van der Waals surface area contributed by atoms with Crippen LogP contribution in [0.15, 0.2) is 66.2 Å². The minimum atomic E-state index is -4.69. The van der Waals surface area contributed by atoms with Crippen molar-refractivity contribution >= 4 is 85.3 Å². The summed E-state index contributed by atoms with van der Waals surface area (Å²) in [6.45, 7) is 0. The minimum Gasteiger partial charge on any atom is -0.459 e. The van der Waals surface area contributed by atoms with Crippen LogP contribution in [-0.4, -0.2) is 86.4 Å². The molecule has 0 amide bonds. The van der Waals surface area contributed by atoms with Gasteiger partial charge in [-0.15, -0.1) is 0 Å². The maximum absolute atomic E-state index is 12.3.